The van der Waals surface area contributed by atoms with Gasteiger partial charge < -0.3 is 5.32 Å². The molecule has 5 heteroatoms. The second kappa shape index (κ2) is 4.55. The summed E-state index contributed by atoms with van der Waals surface area (Å²) in [6, 6.07) is 9.21. The van der Waals surface area contributed by atoms with Gasteiger partial charge in [-0.25, -0.2) is 0 Å². The summed E-state index contributed by atoms with van der Waals surface area (Å²) in [6.07, 6.45) is 2.58. The Balaban J connectivity index is 1.53. The van der Waals surface area contributed by atoms with E-state index in [2.05, 4.69) is 15.5 Å². The Morgan fingerprint density at radius 3 is 2.90 bits per heavy atom. The molecule has 1 unspecified atom stereocenters. The average molecular weight is 281 g/mol. The number of nitrogens with one attached hydrogen (secondary N) is 2. The molecular weight excluding hydrogens is 266 g/mol. The van der Waals surface area contributed by atoms with Crippen molar-refractivity contribution < 1.29 is 9.59 Å². The Morgan fingerprint density at radius 1 is 1.29 bits per heavy atom. The number of hydrogen-bond donors (Lipinski definition) is 2. The lowest BCUT2D eigenvalue weighted by Gasteiger charge is -2.09. The molecule has 0 saturated heterocycles. The molecule has 1 saturated carbocycles. The van der Waals surface area contributed by atoms with Crippen LogP contribution >= 0.6 is 0 Å². The molecule has 2 aliphatic carbocycles. The largest absolute Gasteiger partial charge is 0.311 e. The molecule has 106 valence electrons. The fourth-order valence-corrected chi connectivity index (χ4v) is 2.90. The predicted molar refractivity (Wildman–Crippen MR) is 77.3 cm³/mol. The van der Waals surface area contributed by atoms with Crippen LogP contribution in [0.2, 0.25) is 0 Å². The molecule has 0 radical (unpaired) electrons. The van der Waals surface area contributed by atoms with Crippen LogP contribution in [0.3, 0.4) is 0 Å². The zero-order valence-corrected chi connectivity index (χ0v) is 11.4. The second-order valence-electron chi connectivity index (χ2n) is 5.74. The average Bonchev–Trinajstić information content (AvgIpc) is 3.15. The summed E-state index contributed by atoms with van der Waals surface area (Å²) in [5.41, 5.74) is 2.50. The van der Waals surface area contributed by atoms with Gasteiger partial charge in [-0.15, -0.1) is 0 Å². The molecule has 1 fully saturated rings. The van der Waals surface area contributed by atoms with Crippen LogP contribution in [0.5, 0.6) is 0 Å². The van der Waals surface area contributed by atoms with Crippen LogP contribution < -0.4 is 5.32 Å². The summed E-state index contributed by atoms with van der Waals surface area (Å²) in [5, 5.41) is 9.90. The van der Waals surface area contributed by atoms with Crippen LogP contribution in [0, 0.1) is 0 Å². The monoisotopic (exact) mass is 281 g/mol. The topological polar surface area (TPSA) is 74.8 Å². The highest BCUT2D eigenvalue weighted by Crippen LogP contribution is 2.39. The van der Waals surface area contributed by atoms with Gasteiger partial charge in [-0.05, 0) is 18.4 Å². The number of aromatic amines is 1. The molecule has 5 nitrogen and oxygen atoms in total. The van der Waals surface area contributed by atoms with E-state index in [1.54, 1.807) is 6.07 Å². The Kier molecular flexibility index (Phi) is 2.67. The number of H-pyrrole nitrogens is 1. The number of rotatable bonds is 3. The molecule has 0 bridgehead atoms. The van der Waals surface area contributed by atoms with Gasteiger partial charge in [0.05, 0.1) is 11.6 Å². The number of ketones is 1. The Morgan fingerprint density at radius 2 is 2.10 bits per heavy atom. The summed E-state index contributed by atoms with van der Waals surface area (Å²) < 4.78 is 0. The smallest absolute Gasteiger partial charge is 0.233 e. The third kappa shape index (κ3) is 2.14. The normalized spacial score (nSPS) is 20.4. The lowest BCUT2D eigenvalue weighted by molar-refractivity contribution is -0.117. The quantitative estimate of drug-likeness (QED) is 0.908. The minimum atomic E-state index is -0.402. The third-order valence-corrected chi connectivity index (χ3v) is 4.19. The molecule has 0 aliphatic heterocycles. The number of amides is 1. The summed E-state index contributed by atoms with van der Waals surface area (Å²) in [7, 11) is 0. The highest BCUT2D eigenvalue weighted by atomic mass is 16.2. The Hall–Kier alpha value is -2.43. The van der Waals surface area contributed by atoms with Crippen molar-refractivity contribution >= 4 is 17.5 Å². The molecule has 1 heterocycles. The maximum atomic E-state index is 12.4. The van der Waals surface area contributed by atoms with E-state index in [4.69, 9.17) is 0 Å². The van der Waals surface area contributed by atoms with E-state index < -0.39 is 5.92 Å². The van der Waals surface area contributed by atoms with Gasteiger partial charge in [-0.1, -0.05) is 24.3 Å². The fourth-order valence-electron chi connectivity index (χ4n) is 2.90. The molecule has 2 aliphatic rings. The van der Waals surface area contributed by atoms with E-state index in [-0.39, 0.29) is 18.1 Å². The minimum absolute atomic E-state index is 0.0361. The fraction of sp³-hybridized carbons (Fsp3) is 0.312. The SMILES string of the molecule is O=C1CC(C(=O)Nc2cc(C3CC3)n[nH]2)c2ccccc21. The standard InChI is InChI=1S/C16H15N3O2/c20-14-7-12(10-3-1-2-4-11(10)14)16(21)17-15-8-13(18-19-15)9-5-6-9/h1-4,8-9,12H,5-7H2,(H2,17,18,19,21). The van der Waals surface area contributed by atoms with Crippen LogP contribution in [-0.4, -0.2) is 21.9 Å². The number of carbonyl (C=O) groups excluding carboxylic acids is 2. The van der Waals surface area contributed by atoms with Crippen LogP contribution in [0.25, 0.3) is 0 Å². The molecule has 1 aromatic carbocycles. The van der Waals surface area contributed by atoms with Crippen LogP contribution in [0.4, 0.5) is 5.82 Å². The van der Waals surface area contributed by atoms with E-state index in [0.717, 1.165) is 11.3 Å². The number of hydrogen-bond acceptors (Lipinski definition) is 3. The third-order valence-electron chi connectivity index (χ3n) is 4.19. The van der Waals surface area contributed by atoms with E-state index in [1.165, 1.54) is 12.8 Å². The van der Waals surface area contributed by atoms with Gasteiger partial charge in [0, 0.05) is 24.0 Å². The van der Waals surface area contributed by atoms with Gasteiger partial charge in [-0.2, -0.15) is 5.10 Å². The number of benzene rings is 1. The number of carbonyl (C=O) groups is 2. The first-order valence-corrected chi connectivity index (χ1v) is 7.20. The number of anilines is 1. The Bertz CT molecular complexity index is 731. The van der Waals surface area contributed by atoms with Crippen LogP contribution in [0.15, 0.2) is 30.3 Å². The minimum Gasteiger partial charge on any atom is -0.311 e. The summed E-state index contributed by atoms with van der Waals surface area (Å²) in [5.74, 6) is 0.633. The lowest BCUT2D eigenvalue weighted by atomic mass is 10.0. The molecule has 4 rings (SSSR count). The molecule has 1 amide bonds. The summed E-state index contributed by atoms with van der Waals surface area (Å²) in [6.45, 7) is 0. The van der Waals surface area contributed by atoms with Gasteiger partial charge in [0.25, 0.3) is 0 Å². The number of nitrogens with zero attached hydrogens (tertiary/aromatic N) is 1. The van der Waals surface area contributed by atoms with E-state index in [0.29, 0.717) is 17.3 Å². The van der Waals surface area contributed by atoms with E-state index in [1.807, 2.05) is 24.3 Å². The van der Waals surface area contributed by atoms with Crippen molar-refractivity contribution in [2.45, 2.75) is 31.1 Å². The first-order chi connectivity index (χ1) is 10.2. The van der Waals surface area contributed by atoms with E-state index in [9.17, 15) is 9.59 Å². The highest BCUT2D eigenvalue weighted by Gasteiger charge is 2.34. The summed E-state index contributed by atoms with van der Waals surface area (Å²) >= 11 is 0. The Labute approximate surface area is 121 Å². The van der Waals surface area contributed by atoms with Gasteiger partial charge >= 0.3 is 0 Å². The number of aromatic nitrogens is 2. The first-order valence-electron chi connectivity index (χ1n) is 7.20. The second-order valence-corrected chi connectivity index (χ2v) is 5.74. The molecule has 2 aromatic rings. The molecule has 2 N–H and O–H groups in total. The molecular formula is C16H15N3O2. The zero-order valence-electron chi connectivity index (χ0n) is 11.4. The lowest BCUT2D eigenvalue weighted by Crippen LogP contribution is -2.19. The van der Waals surface area contributed by atoms with Crippen molar-refractivity contribution in [2.75, 3.05) is 5.32 Å². The van der Waals surface area contributed by atoms with Crippen LogP contribution in [0.1, 0.15) is 52.7 Å². The summed E-state index contributed by atoms with van der Waals surface area (Å²) in [4.78, 5) is 24.3. The van der Waals surface area contributed by atoms with Crippen molar-refractivity contribution in [3.05, 3.63) is 47.2 Å². The van der Waals surface area contributed by atoms with Gasteiger partial charge in [0.2, 0.25) is 5.91 Å². The predicted octanol–water partition coefficient (Wildman–Crippen LogP) is 2.60. The van der Waals surface area contributed by atoms with Crippen molar-refractivity contribution in [1.29, 1.82) is 0 Å². The molecule has 0 spiro atoms. The van der Waals surface area contributed by atoms with Crippen LogP contribution in [-0.2, 0) is 4.79 Å². The zero-order chi connectivity index (χ0) is 14.4. The van der Waals surface area contributed by atoms with Gasteiger partial charge in [-0.3, -0.25) is 14.7 Å². The first kappa shape index (κ1) is 12.3. The van der Waals surface area contributed by atoms with Crippen molar-refractivity contribution in [3.63, 3.8) is 0 Å². The van der Waals surface area contributed by atoms with Crippen molar-refractivity contribution in [3.8, 4) is 0 Å². The van der Waals surface area contributed by atoms with Gasteiger partial charge in [0.1, 0.15) is 5.82 Å². The molecule has 1 atom stereocenters. The van der Waals surface area contributed by atoms with Crippen molar-refractivity contribution in [2.24, 2.45) is 0 Å². The number of fused-ring (bicyclic) bond motifs is 1. The van der Waals surface area contributed by atoms with E-state index >= 15 is 0 Å². The highest BCUT2D eigenvalue weighted by molar-refractivity contribution is 6.09. The maximum Gasteiger partial charge on any atom is 0.233 e. The molecule has 21 heavy (non-hydrogen) atoms. The number of Topliss-reactive ketones (excluding diaryl/α,β-unsaturated/α-hetero) is 1. The van der Waals surface area contributed by atoms with Gasteiger partial charge in [0.15, 0.2) is 5.78 Å². The van der Waals surface area contributed by atoms with Crippen molar-refractivity contribution in [1.82, 2.24) is 10.2 Å². The molecule has 1 aromatic heterocycles. The maximum absolute atomic E-state index is 12.4.